The molecule has 0 aliphatic rings. The number of hydrogen-bond donors (Lipinski definition) is 3. The molecule has 0 bridgehead atoms. The molecule has 2 atom stereocenters. The Balaban J connectivity index is 3.91. The molecule has 0 saturated carbocycles. The van der Waals surface area contributed by atoms with Gasteiger partial charge in [-0.25, -0.2) is 0 Å². The maximum atomic E-state index is 11.5. The van der Waals surface area contributed by atoms with Gasteiger partial charge in [-0.05, 0) is 25.4 Å². The second kappa shape index (κ2) is 6.80. The molecule has 0 fully saturated rings. The van der Waals surface area contributed by atoms with E-state index >= 15 is 0 Å². The lowest BCUT2D eigenvalue weighted by Crippen LogP contribution is -2.29. The monoisotopic (exact) mass is 256 g/mol. The molecule has 0 spiro atoms. The number of nitrogens with one attached hydrogen (secondary N) is 1. The molecule has 0 heterocycles. The third-order valence-electron chi connectivity index (χ3n) is 1.64. The van der Waals surface area contributed by atoms with Crippen molar-refractivity contribution >= 4 is 36.1 Å². The summed E-state index contributed by atoms with van der Waals surface area (Å²) in [7, 11) is -3.51. The predicted molar refractivity (Wildman–Crippen MR) is 67.1 cm³/mol. The minimum absolute atomic E-state index is 0.00592. The summed E-state index contributed by atoms with van der Waals surface area (Å²) in [5, 5.41) is 2.76. The van der Waals surface area contributed by atoms with Crippen LogP contribution in [0.15, 0.2) is 0 Å². The summed E-state index contributed by atoms with van der Waals surface area (Å²) in [4.78, 5) is 9.44. The average Bonchev–Trinajstić information content (AvgIpc) is 2.11. The molecule has 0 radical (unpaired) electrons. The highest BCUT2D eigenvalue weighted by atomic mass is 32.2. The van der Waals surface area contributed by atoms with Crippen LogP contribution >= 0.6 is 31.3 Å². The van der Waals surface area contributed by atoms with Crippen LogP contribution in [0.3, 0.4) is 0 Å². The second-order valence-electron chi connectivity index (χ2n) is 2.94. The predicted octanol–water partition coefficient (Wildman–Crippen LogP) is 1.19. The van der Waals surface area contributed by atoms with E-state index in [1.165, 1.54) is 6.92 Å². The first kappa shape index (κ1) is 14.4. The summed E-state index contributed by atoms with van der Waals surface area (Å²) in [5.41, 5.74) is 5.36. The Hall–Kier alpha value is 0.390. The normalized spacial score (nSPS) is 17.1. The van der Waals surface area contributed by atoms with Gasteiger partial charge in [-0.3, -0.25) is 4.57 Å². The lowest BCUT2D eigenvalue weighted by molar-refractivity contribution is 0.481. The van der Waals surface area contributed by atoms with Crippen molar-refractivity contribution in [1.82, 2.24) is 5.32 Å². The third-order valence-corrected chi connectivity index (χ3v) is 5.11. The minimum Gasteiger partial charge on any atom is -0.372 e. The van der Waals surface area contributed by atoms with Crippen LogP contribution in [-0.4, -0.2) is 34.0 Å². The number of thioether (sulfide) groups is 1. The van der Waals surface area contributed by atoms with Crippen LogP contribution in [0.2, 0.25) is 0 Å². The topological polar surface area (TPSA) is 75.3 Å². The summed E-state index contributed by atoms with van der Waals surface area (Å²) >= 11 is 6.53. The standard InChI is InChI=1S/C7H17N2O2PS2/c1-6(8)12(10,11)7(13)9-4-3-5-14-2/h6H,3-5,8H2,1-2H3,(H,9,13)(H,10,11). The SMILES string of the molecule is CSCCCNC(=S)P(=O)(O)C(C)N. The molecule has 0 saturated heterocycles. The van der Waals surface area contributed by atoms with Crippen molar-refractivity contribution in [3.8, 4) is 0 Å². The van der Waals surface area contributed by atoms with Crippen molar-refractivity contribution < 1.29 is 9.46 Å². The van der Waals surface area contributed by atoms with Gasteiger partial charge in [-0.15, -0.1) is 0 Å². The Bertz CT molecular complexity index is 236. The van der Waals surface area contributed by atoms with E-state index in [0.717, 1.165) is 12.2 Å². The Morgan fingerprint density at radius 3 is 2.79 bits per heavy atom. The average molecular weight is 256 g/mol. The van der Waals surface area contributed by atoms with E-state index in [1.54, 1.807) is 11.8 Å². The van der Waals surface area contributed by atoms with Crippen LogP contribution in [0.1, 0.15) is 13.3 Å². The zero-order chi connectivity index (χ0) is 11.2. The first-order valence-corrected chi connectivity index (χ1v) is 7.81. The molecule has 7 heteroatoms. The van der Waals surface area contributed by atoms with Crippen LogP contribution in [0, 0.1) is 0 Å². The van der Waals surface area contributed by atoms with Gasteiger partial charge in [0.15, 0.2) is 4.73 Å². The molecule has 4 N–H and O–H groups in total. The first-order chi connectivity index (χ1) is 6.42. The van der Waals surface area contributed by atoms with Crippen molar-refractivity contribution in [3.05, 3.63) is 0 Å². The first-order valence-electron chi connectivity index (χ1n) is 4.28. The Morgan fingerprint density at radius 2 is 2.36 bits per heavy atom. The molecule has 84 valence electrons. The highest BCUT2D eigenvalue weighted by molar-refractivity contribution is 7.99. The van der Waals surface area contributed by atoms with E-state index in [1.807, 2.05) is 6.26 Å². The van der Waals surface area contributed by atoms with Gasteiger partial charge in [0.1, 0.15) is 0 Å². The number of hydrogen-bond acceptors (Lipinski definition) is 4. The second-order valence-corrected chi connectivity index (χ2v) is 7.15. The molecule has 14 heavy (non-hydrogen) atoms. The molecule has 4 nitrogen and oxygen atoms in total. The molecule has 0 aromatic carbocycles. The fraction of sp³-hybridized carbons (Fsp3) is 0.857. The molecular weight excluding hydrogens is 239 g/mol. The zero-order valence-electron chi connectivity index (χ0n) is 8.40. The van der Waals surface area contributed by atoms with E-state index < -0.39 is 13.2 Å². The van der Waals surface area contributed by atoms with Crippen molar-refractivity contribution in [3.63, 3.8) is 0 Å². The van der Waals surface area contributed by atoms with Gasteiger partial charge in [0, 0.05) is 6.54 Å². The Kier molecular flexibility index (Phi) is 6.99. The summed E-state index contributed by atoms with van der Waals surface area (Å²) < 4.78 is 11.5. The van der Waals surface area contributed by atoms with Gasteiger partial charge < -0.3 is 15.9 Å². The van der Waals surface area contributed by atoms with Crippen LogP contribution in [-0.2, 0) is 4.57 Å². The van der Waals surface area contributed by atoms with Gasteiger partial charge in [0.05, 0.1) is 5.78 Å². The van der Waals surface area contributed by atoms with Gasteiger partial charge in [0.25, 0.3) is 7.37 Å². The van der Waals surface area contributed by atoms with E-state index in [2.05, 4.69) is 5.32 Å². The minimum atomic E-state index is -3.51. The molecule has 0 amide bonds. The van der Waals surface area contributed by atoms with Gasteiger partial charge in [0.2, 0.25) is 0 Å². The maximum Gasteiger partial charge on any atom is 0.271 e. The summed E-state index contributed by atoms with van der Waals surface area (Å²) in [6.45, 7) is 2.10. The highest BCUT2D eigenvalue weighted by Gasteiger charge is 2.28. The smallest absolute Gasteiger partial charge is 0.271 e. The number of rotatable bonds is 6. The highest BCUT2D eigenvalue weighted by Crippen LogP contribution is 2.44. The van der Waals surface area contributed by atoms with Crippen LogP contribution in [0.5, 0.6) is 0 Å². The number of thiocarbonyl (C=S) groups is 1. The number of nitrogens with two attached hydrogens (primary N) is 1. The fourth-order valence-corrected chi connectivity index (χ4v) is 2.45. The lowest BCUT2D eigenvalue weighted by atomic mass is 10.5. The van der Waals surface area contributed by atoms with E-state index in [-0.39, 0.29) is 4.73 Å². The third kappa shape index (κ3) is 4.75. The molecule has 0 aromatic heterocycles. The van der Waals surface area contributed by atoms with Crippen LogP contribution in [0.25, 0.3) is 0 Å². The molecule has 0 aromatic rings. The quantitative estimate of drug-likeness (QED) is 0.376. The molecular formula is C7H17N2O2PS2. The molecule has 0 aliphatic heterocycles. The molecule has 0 rings (SSSR count). The van der Waals surface area contributed by atoms with E-state index in [0.29, 0.717) is 6.54 Å². The Labute approximate surface area is 94.5 Å². The van der Waals surface area contributed by atoms with Crippen molar-refractivity contribution in [2.45, 2.75) is 19.1 Å². The Morgan fingerprint density at radius 1 is 1.79 bits per heavy atom. The van der Waals surface area contributed by atoms with E-state index in [9.17, 15) is 9.46 Å². The van der Waals surface area contributed by atoms with Crippen molar-refractivity contribution in [2.75, 3.05) is 18.6 Å². The molecule has 2 unspecified atom stereocenters. The lowest BCUT2D eigenvalue weighted by Gasteiger charge is -2.17. The summed E-state index contributed by atoms with van der Waals surface area (Å²) in [6, 6.07) is 0. The zero-order valence-corrected chi connectivity index (χ0v) is 10.9. The summed E-state index contributed by atoms with van der Waals surface area (Å²) in [5.74, 6) is 0.201. The van der Waals surface area contributed by atoms with Crippen molar-refractivity contribution in [2.24, 2.45) is 5.73 Å². The largest absolute Gasteiger partial charge is 0.372 e. The fourth-order valence-electron chi connectivity index (χ4n) is 0.710. The van der Waals surface area contributed by atoms with Crippen molar-refractivity contribution in [1.29, 1.82) is 0 Å². The maximum absolute atomic E-state index is 11.5. The summed E-state index contributed by atoms with van der Waals surface area (Å²) in [6.07, 6.45) is 2.93. The van der Waals surface area contributed by atoms with Gasteiger partial charge >= 0.3 is 0 Å². The van der Waals surface area contributed by atoms with Crippen LogP contribution in [0.4, 0.5) is 0 Å². The van der Waals surface area contributed by atoms with E-state index in [4.69, 9.17) is 18.0 Å². The van der Waals surface area contributed by atoms with Gasteiger partial charge in [-0.1, -0.05) is 12.2 Å². The molecule has 0 aliphatic carbocycles. The van der Waals surface area contributed by atoms with Gasteiger partial charge in [-0.2, -0.15) is 11.8 Å². The van der Waals surface area contributed by atoms with Crippen LogP contribution < -0.4 is 11.1 Å².